The van der Waals surface area contributed by atoms with Crippen molar-refractivity contribution in [1.82, 2.24) is 0 Å². The highest BCUT2D eigenvalue weighted by Gasteiger charge is 2.28. The molecular weight excluding hydrogens is 376 g/mol. The van der Waals surface area contributed by atoms with Gasteiger partial charge in [0, 0.05) is 6.42 Å². The Balaban J connectivity index is 2.03. The fourth-order valence-corrected chi connectivity index (χ4v) is 2.40. The van der Waals surface area contributed by atoms with Gasteiger partial charge in [0.1, 0.15) is 12.2 Å². The SMILES string of the molecule is O=C1CC[C@@H]([C@H](O)/C=C/CCCCCC=C(Br)Br)O1. The largest absolute Gasteiger partial charge is 0.459 e. The van der Waals surface area contributed by atoms with Crippen LogP contribution in [0.3, 0.4) is 0 Å². The molecule has 1 rings (SSSR count). The van der Waals surface area contributed by atoms with E-state index in [0.29, 0.717) is 12.8 Å². The molecule has 0 aromatic rings. The highest BCUT2D eigenvalue weighted by Crippen LogP contribution is 2.18. The molecule has 1 heterocycles. The molecule has 0 aliphatic carbocycles. The van der Waals surface area contributed by atoms with Crippen LogP contribution >= 0.6 is 31.9 Å². The van der Waals surface area contributed by atoms with Gasteiger partial charge in [-0.2, -0.15) is 0 Å². The van der Waals surface area contributed by atoms with Crippen molar-refractivity contribution >= 4 is 37.8 Å². The van der Waals surface area contributed by atoms with Gasteiger partial charge in [0.2, 0.25) is 0 Å². The summed E-state index contributed by atoms with van der Waals surface area (Å²) < 4.78 is 6.01. The van der Waals surface area contributed by atoms with Crippen LogP contribution in [-0.2, 0) is 9.53 Å². The lowest BCUT2D eigenvalue weighted by atomic mass is 10.1. The summed E-state index contributed by atoms with van der Waals surface area (Å²) in [5.41, 5.74) is 0. The first-order valence-electron chi connectivity index (χ1n) is 6.65. The van der Waals surface area contributed by atoms with Crippen molar-refractivity contribution in [2.45, 2.75) is 57.2 Å². The van der Waals surface area contributed by atoms with Crippen LogP contribution in [0.15, 0.2) is 21.6 Å². The van der Waals surface area contributed by atoms with Crippen LogP contribution in [-0.4, -0.2) is 23.3 Å². The van der Waals surface area contributed by atoms with Crippen LogP contribution in [0, 0.1) is 0 Å². The first kappa shape index (κ1) is 16.9. The summed E-state index contributed by atoms with van der Waals surface area (Å²) in [6.45, 7) is 0. The smallest absolute Gasteiger partial charge is 0.306 e. The third kappa shape index (κ3) is 7.90. The fraction of sp³-hybridized carbons (Fsp3) is 0.643. The van der Waals surface area contributed by atoms with Crippen LogP contribution in [0.25, 0.3) is 0 Å². The molecule has 0 aromatic carbocycles. The Morgan fingerprint density at radius 3 is 2.74 bits per heavy atom. The van der Waals surface area contributed by atoms with Gasteiger partial charge >= 0.3 is 5.97 Å². The minimum Gasteiger partial charge on any atom is -0.459 e. The van der Waals surface area contributed by atoms with E-state index in [1.54, 1.807) is 6.08 Å². The lowest BCUT2D eigenvalue weighted by molar-refractivity contribution is -0.144. The molecule has 1 fully saturated rings. The van der Waals surface area contributed by atoms with Crippen LogP contribution in [0.1, 0.15) is 44.9 Å². The summed E-state index contributed by atoms with van der Waals surface area (Å²) in [6, 6.07) is 0. The summed E-state index contributed by atoms with van der Waals surface area (Å²) in [4.78, 5) is 10.9. The quantitative estimate of drug-likeness (QED) is 0.380. The topological polar surface area (TPSA) is 46.5 Å². The van der Waals surface area contributed by atoms with Crippen LogP contribution in [0.5, 0.6) is 0 Å². The van der Waals surface area contributed by atoms with Gasteiger partial charge < -0.3 is 9.84 Å². The fourth-order valence-electron chi connectivity index (χ4n) is 1.94. The third-order valence-corrected chi connectivity index (χ3v) is 3.65. The number of aliphatic hydroxyl groups is 1. The van der Waals surface area contributed by atoms with E-state index < -0.39 is 6.10 Å². The lowest BCUT2D eigenvalue weighted by Crippen LogP contribution is -2.23. The maximum absolute atomic E-state index is 10.9. The van der Waals surface area contributed by atoms with E-state index in [1.165, 1.54) is 6.42 Å². The van der Waals surface area contributed by atoms with Crippen molar-refractivity contribution in [3.63, 3.8) is 0 Å². The molecule has 0 saturated carbocycles. The monoisotopic (exact) mass is 394 g/mol. The summed E-state index contributed by atoms with van der Waals surface area (Å²) in [5, 5.41) is 9.79. The van der Waals surface area contributed by atoms with E-state index >= 15 is 0 Å². The molecule has 0 unspecified atom stereocenters. The van der Waals surface area contributed by atoms with Gasteiger partial charge in [0.25, 0.3) is 0 Å². The molecule has 1 saturated heterocycles. The van der Waals surface area contributed by atoms with Gasteiger partial charge in [-0.25, -0.2) is 0 Å². The second kappa shape index (κ2) is 9.72. The Hall–Kier alpha value is -0.130. The maximum atomic E-state index is 10.9. The van der Waals surface area contributed by atoms with Crippen LogP contribution < -0.4 is 0 Å². The second-order valence-corrected chi connectivity index (χ2v) is 7.39. The number of hydrogen-bond acceptors (Lipinski definition) is 3. The molecule has 19 heavy (non-hydrogen) atoms. The van der Waals surface area contributed by atoms with E-state index in [0.717, 1.165) is 29.1 Å². The standard InChI is InChI=1S/C14H20Br2O3/c15-13(16)8-6-4-2-1-3-5-7-11(17)12-9-10-14(18)19-12/h5,7-8,11-12,17H,1-4,6,9-10H2/b7-5+/t11-,12+/m1/s1. The highest BCUT2D eigenvalue weighted by molar-refractivity contribution is 9.28. The molecule has 3 nitrogen and oxygen atoms in total. The minimum absolute atomic E-state index is 0.205. The second-order valence-electron chi connectivity index (χ2n) is 4.62. The van der Waals surface area contributed by atoms with Crippen molar-refractivity contribution in [3.8, 4) is 0 Å². The number of aliphatic hydroxyl groups excluding tert-OH is 1. The lowest BCUT2D eigenvalue weighted by Gasteiger charge is -2.12. The number of hydrogen-bond donors (Lipinski definition) is 1. The molecule has 0 bridgehead atoms. The molecule has 0 aromatic heterocycles. The van der Waals surface area contributed by atoms with Gasteiger partial charge in [0.05, 0.1) is 3.39 Å². The highest BCUT2D eigenvalue weighted by atomic mass is 79.9. The Bertz CT molecular complexity index is 336. The molecule has 0 spiro atoms. The summed E-state index contributed by atoms with van der Waals surface area (Å²) >= 11 is 6.65. The molecule has 5 heteroatoms. The van der Waals surface area contributed by atoms with E-state index in [4.69, 9.17) is 4.74 Å². The number of cyclic esters (lactones) is 1. The number of rotatable bonds is 8. The molecule has 1 aliphatic rings. The van der Waals surface area contributed by atoms with Crippen molar-refractivity contribution in [1.29, 1.82) is 0 Å². The first-order valence-corrected chi connectivity index (χ1v) is 8.23. The number of halogens is 2. The maximum Gasteiger partial charge on any atom is 0.306 e. The molecule has 2 atom stereocenters. The number of carbonyl (C=O) groups excluding carboxylic acids is 1. The number of unbranched alkanes of at least 4 members (excludes halogenated alkanes) is 4. The Morgan fingerprint density at radius 1 is 1.37 bits per heavy atom. The summed E-state index contributed by atoms with van der Waals surface area (Å²) in [7, 11) is 0. The zero-order valence-corrected chi connectivity index (χ0v) is 14.0. The van der Waals surface area contributed by atoms with E-state index in [1.807, 2.05) is 6.08 Å². The van der Waals surface area contributed by atoms with Gasteiger partial charge in [-0.1, -0.05) is 24.6 Å². The first-order chi connectivity index (χ1) is 9.09. The van der Waals surface area contributed by atoms with Crippen LogP contribution in [0.4, 0.5) is 0 Å². The predicted octanol–water partition coefficient (Wildman–Crippen LogP) is 4.19. The number of allylic oxidation sites excluding steroid dienone is 2. The minimum atomic E-state index is -0.654. The molecular formula is C14H20Br2O3. The average molecular weight is 396 g/mol. The summed E-state index contributed by atoms with van der Waals surface area (Å²) in [6.07, 6.45) is 11.3. The predicted molar refractivity (Wildman–Crippen MR) is 83.3 cm³/mol. The Morgan fingerprint density at radius 2 is 2.11 bits per heavy atom. The van der Waals surface area contributed by atoms with Crippen molar-refractivity contribution in [3.05, 3.63) is 21.6 Å². The van der Waals surface area contributed by atoms with Gasteiger partial charge in [-0.05, 0) is 64.0 Å². The average Bonchev–Trinajstić information content (AvgIpc) is 2.78. The summed E-state index contributed by atoms with van der Waals surface area (Å²) in [5.74, 6) is -0.205. The Kier molecular flexibility index (Phi) is 8.66. The van der Waals surface area contributed by atoms with Gasteiger partial charge in [-0.15, -0.1) is 0 Å². The number of ether oxygens (including phenoxy) is 1. The van der Waals surface area contributed by atoms with Gasteiger partial charge in [-0.3, -0.25) is 4.79 Å². The normalized spacial score (nSPS) is 20.6. The zero-order chi connectivity index (χ0) is 14.1. The molecule has 1 aliphatic heterocycles. The Labute approximate surface area is 131 Å². The van der Waals surface area contributed by atoms with Crippen LogP contribution in [0.2, 0.25) is 0 Å². The van der Waals surface area contributed by atoms with E-state index in [2.05, 4.69) is 37.9 Å². The number of esters is 1. The molecule has 0 amide bonds. The van der Waals surface area contributed by atoms with Crippen molar-refractivity contribution in [2.75, 3.05) is 0 Å². The van der Waals surface area contributed by atoms with E-state index in [-0.39, 0.29) is 12.1 Å². The van der Waals surface area contributed by atoms with Crippen molar-refractivity contribution < 1.29 is 14.6 Å². The molecule has 1 N–H and O–H groups in total. The number of carbonyl (C=O) groups is 1. The molecule has 108 valence electrons. The van der Waals surface area contributed by atoms with E-state index in [9.17, 15) is 9.90 Å². The zero-order valence-electron chi connectivity index (χ0n) is 10.9. The third-order valence-electron chi connectivity index (χ3n) is 3.00. The molecule has 0 radical (unpaired) electrons. The van der Waals surface area contributed by atoms with Gasteiger partial charge in [0.15, 0.2) is 0 Å². The van der Waals surface area contributed by atoms with Crippen molar-refractivity contribution in [2.24, 2.45) is 0 Å².